The highest BCUT2D eigenvalue weighted by Crippen LogP contribution is 2.40. The average Bonchev–Trinajstić information content (AvgIpc) is 3.07. The van der Waals surface area contributed by atoms with Gasteiger partial charge in [-0.1, -0.05) is 64.4 Å². The van der Waals surface area contributed by atoms with Crippen molar-refractivity contribution < 1.29 is 18.3 Å². The van der Waals surface area contributed by atoms with E-state index >= 15 is 0 Å². The molecular formula is C28H40BrN3O4S. The van der Waals surface area contributed by atoms with Crippen molar-refractivity contribution in [2.75, 3.05) is 30.7 Å². The van der Waals surface area contributed by atoms with Gasteiger partial charge in [-0.25, -0.2) is 8.42 Å². The summed E-state index contributed by atoms with van der Waals surface area (Å²) in [5, 5.41) is 19.8. The number of nitrogens with one attached hydrogen (secondary N) is 1. The maximum Gasteiger partial charge on any atom is 0.232 e. The highest BCUT2D eigenvalue weighted by atomic mass is 79.9. The molecule has 2 aromatic carbocycles. The third-order valence-electron chi connectivity index (χ3n) is 7.06. The van der Waals surface area contributed by atoms with E-state index in [1.54, 1.807) is 6.07 Å². The van der Waals surface area contributed by atoms with Crippen LogP contribution in [0.25, 0.3) is 0 Å². The Kier molecular flexibility index (Phi) is 9.99. The first-order valence-electron chi connectivity index (χ1n) is 12.5. The number of benzene rings is 2. The van der Waals surface area contributed by atoms with Crippen molar-refractivity contribution in [2.24, 2.45) is 11.8 Å². The lowest BCUT2D eigenvalue weighted by Crippen LogP contribution is -2.33. The second-order valence-corrected chi connectivity index (χ2v) is 12.9. The molecule has 1 heterocycles. The molecule has 3 rings (SSSR count). The molecule has 0 spiro atoms. The Balaban J connectivity index is 0.00000481. The largest absolute Gasteiger partial charge is 0.505 e. The summed E-state index contributed by atoms with van der Waals surface area (Å²) in [6.07, 6.45) is 3.83. The summed E-state index contributed by atoms with van der Waals surface area (Å²) < 4.78 is 25.4. The van der Waals surface area contributed by atoms with Crippen LogP contribution in [0, 0.1) is 17.2 Å². The van der Waals surface area contributed by atoms with E-state index in [0.29, 0.717) is 29.4 Å². The van der Waals surface area contributed by atoms with Crippen molar-refractivity contribution in [3.63, 3.8) is 0 Å². The lowest BCUT2D eigenvalue weighted by molar-refractivity contribution is 0.0963. The summed E-state index contributed by atoms with van der Waals surface area (Å²) in [5.41, 5.74) is 1.58. The lowest BCUT2D eigenvalue weighted by atomic mass is 9.84. The Labute approximate surface area is 232 Å². The van der Waals surface area contributed by atoms with Crippen LogP contribution in [0.2, 0.25) is 0 Å². The molecule has 37 heavy (non-hydrogen) atoms. The molecule has 0 radical (unpaired) electrons. The van der Waals surface area contributed by atoms with Gasteiger partial charge in [0.1, 0.15) is 11.6 Å². The Morgan fingerprint density at radius 2 is 1.81 bits per heavy atom. The number of rotatable bonds is 9. The molecule has 7 nitrogen and oxygen atoms in total. The summed E-state index contributed by atoms with van der Waals surface area (Å²) >= 11 is 0. The van der Waals surface area contributed by atoms with Crippen LogP contribution < -0.4 is 4.31 Å². The second-order valence-electron chi connectivity index (χ2n) is 10.9. The molecule has 0 amide bonds. The number of aromatic hydroxyl groups is 1. The van der Waals surface area contributed by atoms with E-state index in [1.165, 1.54) is 18.7 Å². The van der Waals surface area contributed by atoms with E-state index in [-0.39, 0.29) is 46.7 Å². The molecule has 0 bridgehead atoms. The van der Waals surface area contributed by atoms with E-state index in [1.807, 2.05) is 43.9 Å². The number of hydrogen-bond donors (Lipinski definition) is 2. The third kappa shape index (κ3) is 7.13. The zero-order valence-electron chi connectivity index (χ0n) is 22.6. The molecule has 1 aliphatic rings. The predicted molar refractivity (Wildman–Crippen MR) is 156 cm³/mol. The molecule has 0 unspecified atom stereocenters. The van der Waals surface area contributed by atoms with Gasteiger partial charge in [-0.2, -0.15) is 0 Å². The van der Waals surface area contributed by atoms with E-state index in [9.17, 15) is 18.3 Å². The first-order chi connectivity index (χ1) is 16.7. The Morgan fingerprint density at radius 3 is 2.35 bits per heavy atom. The number of phenols is 1. The molecule has 0 aliphatic carbocycles. The van der Waals surface area contributed by atoms with Gasteiger partial charge >= 0.3 is 0 Å². The molecule has 2 atom stereocenters. The number of sulfonamides is 1. The third-order valence-corrected chi connectivity index (χ3v) is 8.26. The van der Waals surface area contributed by atoms with Crippen molar-refractivity contribution in [2.45, 2.75) is 52.4 Å². The molecular weight excluding hydrogens is 554 g/mol. The Bertz CT molecular complexity index is 1230. The topological polar surface area (TPSA) is 102 Å². The van der Waals surface area contributed by atoms with Gasteiger partial charge in [0.2, 0.25) is 10.0 Å². The van der Waals surface area contributed by atoms with Crippen molar-refractivity contribution in [3.05, 3.63) is 59.2 Å². The van der Waals surface area contributed by atoms with Crippen LogP contribution in [-0.4, -0.2) is 56.4 Å². The van der Waals surface area contributed by atoms with Crippen molar-refractivity contribution in [3.8, 4) is 5.75 Å². The highest BCUT2D eigenvalue weighted by molar-refractivity contribution is 8.93. The van der Waals surface area contributed by atoms with Crippen molar-refractivity contribution in [1.29, 1.82) is 5.41 Å². The molecule has 0 aromatic heterocycles. The standard InChI is InChI=1S/C28H39N3O4S.BrH/c1-7-11-20-17-31(27(29)22(20)14-19-12-9-8-10-13-19)18-25(32)21-15-23(28(2,3)4)26(33)24(16-21)30(5)36(6,34)35;/h8-10,12-13,15-16,20,22,29,33H,7,11,14,17-18H2,1-6H3;1H/t20-,22+;/m0./s1. The molecule has 2 aromatic rings. The number of carbonyl (C=O) groups is 1. The molecule has 1 fully saturated rings. The van der Waals surface area contributed by atoms with E-state index in [2.05, 4.69) is 19.1 Å². The predicted octanol–water partition coefficient (Wildman–Crippen LogP) is 5.41. The van der Waals surface area contributed by atoms with Crippen LogP contribution in [-0.2, 0) is 21.9 Å². The Morgan fingerprint density at radius 1 is 1.19 bits per heavy atom. The number of carbonyl (C=O) groups excluding carboxylic acids is 1. The fourth-order valence-electron chi connectivity index (χ4n) is 4.95. The number of anilines is 1. The second kappa shape index (κ2) is 12.0. The first-order valence-corrected chi connectivity index (χ1v) is 14.3. The number of hydrogen-bond acceptors (Lipinski definition) is 5. The van der Waals surface area contributed by atoms with Crippen molar-refractivity contribution >= 4 is 44.3 Å². The van der Waals surface area contributed by atoms with Gasteiger partial charge in [0.05, 0.1) is 18.5 Å². The maximum absolute atomic E-state index is 13.5. The van der Waals surface area contributed by atoms with Crippen LogP contribution in [0.15, 0.2) is 42.5 Å². The maximum atomic E-state index is 13.5. The van der Waals surface area contributed by atoms with Gasteiger partial charge in [-0.05, 0) is 41.9 Å². The molecule has 2 N–H and O–H groups in total. The number of likely N-dealkylation sites (tertiary alicyclic amines) is 1. The van der Waals surface area contributed by atoms with Gasteiger partial charge < -0.3 is 10.0 Å². The molecule has 0 saturated carbocycles. The average molecular weight is 595 g/mol. The van der Waals surface area contributed by atoms with E-state index in [0.717, 1.165) is 29.8 Å². The summed E-state index contributed by atoms with van der Waals surface area (Å²) in [6, 6.07) is 13.2. The first kappa shape index (κ1) is 30.8. The minimum atomic E-state index is -3.65. The Hall–Kier alpha value is -2.39. The molecule has 1 saturated heterocycles. The van der Waals surface area contributed by atoms with Crippen LogP contribution in [0.1, 0.15) is 62.0 Å². The zero-order valence-corrected chi connectivity index (χ0v) is 25.1. The minimum Gasteiger partial charge on any atom is -0.505 e. The fourth-order valence-corrected chi connectivity index (χ4v) is 5.44. The van der Waals surface area contributed by atoms with Crippen molar-refractivity contribution in [1.82, 2.24) is 4.90 Å². The SMILES string of the molecule is Br.CCC[C@H]1CN(CC(=O)c2cc(N(C)S(C)(=O)=O)c(O)c(C(C)(C)C)c2)C(=N)[C@@H]1Cc1ccccc1. The number of nitrogens with zero attached hydrogens (tertiary/aromatic N) is 2. The highest BCUT2D eigenvalue weighted by Gasteiger charge is 2.38. The van der Waals surface area contributed by atoms with Gasteiger partial charge in [-0.3, -0.25) is 14.5 Å². The monoisotopic (exact) mass is 593 g/mol. The van der Waals surface area contributed by atoms with E-state index in [4.69, 9.17) is 5.41 Å². The van der Waals surface area contributed by atoms with E-state index < -0.39 is 15.4 Å². The number of Topliss-reactive ketones (excluding diaryl/α,β-unsaturated/α-hetero) is 1. The van der Waals surface area contributed by atoms with Gasteiger partial charge in [-0.15, -0.1) is 17.0 Å². The quantitative estimate of drug-likeness (QED) is 0.378. The summed E-state index contributed by atoms with van der Waals surface area (Å²) in [5.74, 6) is 0.481. The lowest BCUT2D eigenvalue weighted by Gasteiger charge is -2.27. The molecule has 9 heteroatoms. The number of ketones is 1. The summed E-state index contributed by atoms with van der Waals surface area (Å²) in [7, 11) is -2.28. The van der Waals surface area contributed by atoms with Gasteiger partial charge in [0.25, 0.3) is 0 Å². The van der Waals surface area contributed by atoms with Gasteiger partial charge in [0, 0.05) is 30.6 Å². The zero-order chi connectivity index (χ0) is 26.8. The minimum absolute atomic E-state index is 0. The normalized spacial score (nSPS) is 18.0. The number of phenolic OH excluding ortho intramolecular Hbond substituents is 1. The van der Waals surface area contributed by atoms with Crippen LogP contribution in [0.5, 0.6) is 5.75 Å². The summed E-state index contributed by atoms with van der Waals surface area (Å²) in [6.45, 7) is 8.54. The fraction of sp³-hybridized carbons (Fsp3) is 0.500. The van der Waals surface area contributed by atoms with Crippen LogP contribution in [0.3, 0.4) is 0 Å². The van der Waals surface area contributed by atoms with Gasteiger partial charge in [0.15, 0.2) is 5.78 Å². The number of amidine groups is 1. The van der Waals surface area contributed by atoms with Crippen LogP contribution >= 0.6 is 17.0 Å². The smallest absolute Gasteiger partial charge is 0.232 e. The molecule has 204 valence electrons. The molecule has 1 aliphatic heterocycles. The van der Waals surface area contributed by atoms with Crippen LogP contribution in [0.4, 0.5) is 5.69 Å². The number of halogens is 1. The summed E-state index contributed by atoms with van der Waals surface area (Å²) in [4.78, 5) is 15.4.